The summed E-state index contributed by atoms with van der Waals surface area (Å²) in [5, 5.41) is 3.49. The van der Waals surface area contributed by atoms with Crippen LogP contribution in [0, 0.1) is 5.92 Å². The number of hydrogen-bond acceptors (Lipinski definition) is 5. The predicted molar refractivity (Wildman–Crippen MR) is 78.8 cm³/mol. The van der Waals surface area contributed by atoms with Gasteiger partial charge in [0.15, 0.2) is 0 Å². The zero-order valence-corrected chi connectivity index (χ0v) is 12.4. The van der Waals surface area contributed by atoms with Gasteiger partial charge in [-0.1, -0.05) is 12.8 Å². The van der Waals surface area contributed by atoms with E-state index in [9.17, 15) is 0 Å². The summed E-state index contributed by atoms with van der Waals surface area (Å²) in [5.41, 5.74) is 0. The zero-order chi connectivity index (χ0) is 13.7. The number of rotatable bonds is 8. The minimum absolute atomic E-state index is 0.251. The summed E-state index contributed by atoms with van der Waals surface area (Å²) in [6.45, 7) is 6.76. The lowest BCUT2D eigenvalue weighted by molar-refractivity contribution is 0.684. The summed E-state index contributed by atoms with van der Waals surface area (Å²) in [4.78, 5) is 14.8. The summed E-state index contributed by atoms with van der Waals surface area (Å²) >= 11 is 5.95. The Bertz CT molecular complexity index is 404. The van der Waals surface area contributed by atoms with Crippen LogP contribution in [0.3, 0.4) is 0 Å². The molecule has 0 saturated heterocycles. The molecule has 2 rings (SSSR count). The molecule has 5 nitrogen and oxygen atoms in total. The van der Waals surface area contributed by atoms with Gasteiger partial charge in [-0.05, 0) is 44.2 Å². The van der Waals surface area contributed by atoms with Crippen LogP contribution >= 0.6 is 11.6 Å². The molecule has 0 amide bonds. The van der Waals surface area contributed by atoms with E-state index in [1.54, 1.807) is 0 Å². The van der Waals surface area contributed by atoms with E-state index in [1.807, 2.05) is 0 Å². The molecule has 1 N–H and O–H groups in total. The Hall–Kier alpha value is -1.10. The molecular formula is C13H22ClN5. The standard InChI is InChI=1S/C13H22ClN5/c1-3-19(4-2)13-17-11(14)16-12(18-13)15-9-5-6-10-7-8-10/h10H,3-9H2,1-2H3,(H,15,16,17,18). The highest BCUT2D eigenvalue weighted by Gasteiger charge is 2.20. The fourth-order valence-corrected chi connectivity index (χ4v) is 2.22. The van der Waals surface area contributed by atoms with Gasteiger partial charge in [-0.25, -0.2) is 0 Å². The average Bonchev–Trinajstić information content (AvgIpc) is 3.20. The molecule has 19 heavy (non-hydrogen) atoms. The molecule has 1 saturated carbocycles. The Morgan fingerprint density at radius 1 is 1.21 bits per heavy atom. The summed E-state index contributed by atoms with van der Waals surface area (Å²) < 4.78 is 0. The van der Waals surface area contributed by atoms with Crippen LogP contribution in [0.5, 0.6) is 0 Å². The van der Waals surface area contributed by atoms with E-state index in [2.05, 4.69) is 39.0 Å². The van der Waals surface area contributed by atoms with Crippen LogP contribution in [0.25, 0.3) is 0 Å². The van der Waals surface area contributed by atoms with Crippen molar-refractivity contribution in [3.8, 4) is 0 Å². The topological polar surface area (TPSA) is 53.9 Å². The third kappa shape index (κ3) is 4.49. The van der Waals surface area contributed by atoms with Crippen LogP contribution in [0.4, 0.5) is 11.9 Å². The quantitative estimate of drug-likeness (QED) is 0.744. The molecule has 1 aromatic heterocycles. The van der Waals surface area contributed by atoms with E-state index in [0.717, 1.165) is 32.0 Å². The molecule has 0 spiro atoms. The summed E-state index contributed by atoms with van der Waals surface area (Å²) in [6, 6.07) is 0. The van der Waals surface area contributed by atoms with Crippen LogP contribution in [0.15, 0.2) is 0 Å². The minimum atomic E-state index is 0.251. The lowest BCUT2D eigenvalue weighted by Gasteiger charge is -2.18. The highest BCUT2D eigenvalue weighted by molar-refractivity contribution is 6.28. The molecular weight excluding hydrogens is 262 g/mol. The van der Waals surface area contributed by atoms with Crippen molar-refractivity contribution in [2.24, 2.45) is 5.92 Å². The normalized spacial score (nSPS) is 14.5. The molecule has 0 unspecified atom stereocenters. The highest BCUT2D eigenvalue weighted by atomic mass is 35.5. The summed E-state index contributed by atoms with van der Waals surface area (Å²) in [5.74, 6) is 2.20. The van der Waals surface area contributed by atoms with Crippen molar-refractivity contribution in [2.45, 2.75) is 39.5 Å². The van der Waals surface area contributed by atoms with Gasteiger partial charge >= 0.3 is 0 Å². The van der Waals surface area contributed by atoms with Crippen LogP contribution < -0.4 is 10.2 Å². The van der Waals surface area contributed by atoms with Gasteiger partial charge in [0.1, 0.15) is 0 Å². The van der Waals surface area contributed by atoms with Crippen molar-refractivity contribution in [2.75, 3.05) is 29.9 Å². The van der Waals surface area contributed by atoms with Gasteiger partial charge in [-0.3, -0.25) is 0 Å². The van der Waals surface area contributed by atoms with Gasteiger partial charge in [-0.2, -0.15) is 15.0 Å². The van der Waals surface area contributed by atoms with Gasteiger partial charge in [0, 0.05) is 19.6 Å². The molecule has 6 heteroatoms. The predicted octanol–water partition coefficient (Wildman–Crippen LogP) is 2.97. The summed E-state index contributed by atoms with van der Waals surface area (Å²) in [6.07, 6.45) is 5.27. The fourth-order valence-electron chi connectivity index (χ4n) is 2.06. The first-order valence-electron chi connectivity index (χ1n) is 7.13. The number of nitrogens with zero attached hydrogens (tertiary/aromatic N) is 4. The first kappa shape index (κ1) is 14.3. The molecule has 0 bridgehead atoms. The van der Waals surface area contributed by atoms with E-state index >= 15 is 0 Å². The Kier molecular flexibility index (Phi) is 5.19. The largest absolute Gasteiger partial charge is 0.354 e. The van der Waals surface area contributed by atoms with Gasteiger partial charge in [0.25, 0.3) is 0 Å². The molecule has 1 heterocycles. The number of hydrogen-bond donors (Lipinski definition) is 1. The van der Waals surface area contributed by atoms with Crippen molar-refractivity contribution >= 4 is 23.5 Å². The van der Waals surface area contributed by atoms with Crippen LogP contribution in [-0.4, -0.2) is 34.6 Å². The maximum atomic E-state index is 5.95. The number of nitrogens with one attached hydrogen (secondary N) is 1. The lowest BCUT2D eigenvalue weighted by atomic mass is 10.2. The van der Waals surface area contributed by atoms with Crippen molar-refractivity contribution in [1.82, 2.24) is 15.0 Å². The number of anilines is 2. The second-order valence-corrected chi connectivity index (χ2v) is 5.25. The Balaban J connectivity index is 1.90. The first-order chi connectivity index (χ1) is 9.22. The lowest BCUT2D eigenvalue weighted by Crippen LogP contribution is -2.25. The molecule has 1 aliphatic carbocycles. The van der Waals surface area contributed by atoms with Crippen molar-refractivity contribution in [1.29, 1.82) is 0 Å². The third-order valence-electron chi connectivity index (χ3n) is 3.41. The van der Waals surface area contributed by atoms with Gasteiger partial charge < -0.3 is 10.2 Å². The molecule has 1 aromatic rings. The monoisotopic (exact) mass is 283 g/mol. The fraction of sp³-hybridized carbons (Fsp3) is 0.769. The van der Waals surface area contributed by atoms with E-state index in [-0.39, 0.29) is 5.28 Å². The molecule has 0 aliphatic heterocycles. The molecule has 1 aliphatic rings. The number of aromatic nitrogens is 3. The second kappa shape index (κ2) is 6.89. The van der Waals surface area contributed by atoms with Crippen molar-refractivity contribution in [3.05, 3.63) is 5.28 Å². The second-order valence-electron chi connectivity index (χ2n) is 4.91. The molecule has 0 atom stereocenters. The van der Waals surface area contributed by atoms with Gasteiger partial charge in [0.05, 0.1) is 0 Å². The van der Waals surface area contributed by atoms with Crippen molar-refractivity contribution in [3.63, 3.8) is 0 Å². The minimum Gasteiger partial charge on any atom is -0.354 e. The van der Waals surface area contributed by atoms with Crippen LogP contribution in [0.1, 0.15) is 39.5 Å². The molecule has 1 fully saturated rings. The maximum Gasteiger partial charge on any atom is 0.231 e. The molecule has 106 valence electrons. The van der Waals surface area contributed by atoms with E-state index in [0.29, 0.717) is 11.9 Å². The molecule has 0 radical (unpaired) electrons. The Morgan fingerprint density at radius 3 is 2.58 bits per heavy atom. The van der Waals surface area contributed by atoms with Gasteiger partial charge in [0.2, 0.25) is 17.2 Å². The molecule has 0 aromatic carbocycles. The van der Waals surface area contributed by atoms with E-state index in [4.69, 9.17) is 11.6 Å². The highest BCUT2D eigenvalue weighted by Crippen LogP contribution is 2.33. The summed E-state index contributed by atoms with van der Waals surface area (Å²) in [7, 11) is 0. The maximum absolute atomic E-state index is 5.95. The Morgan fingerprint density at radius 2 is 1.95 bits per heavy atom. The third-order valence-corrected chi connectivity index (χ3v) is 3.58. The van der Waals surface area contributed by atoms with E-state index < -0.39 is 0 Å². The van der Waals surface area contributed by atoms with E-state index in [1.165, 1.54) is 19.3 Å². The zero-order valence-electron chi connectivity index (χ0n) is 11.7. The SMILES string of the molecule is CCN(CC)c1nc(Cl)nc(NCCCC2CC2)n1. The average molecular weight is 284 g/mol. The smallest absolute Gasteiger partial charge is 0.231 e. The van der Waals surface area contributed by atoms with Crippen LogP contribution in [0.2, 0.25) is 5.28 Å². The Labute approximate surface area is 119 Å². The first-order valence-corrected chi connectivity index (χ1v) is 7.51. The van der Waals surface area contributed by atoms with Crippen molar-refractivity contribution < 1.29 is 0 Å². The van der Waals surface area contributed by atoms with Crippen LogP contribution in [-0.2, 0) is 0 Å². The van der Waals surface area contributed by atoms with Gasteiger partial charge in [-0.15, -0.1) is 0 Å². The number of halogens is 1.